The number of fused-ring (bicyclic) bond motifs is 1. The molecule has 4 rings (SSSR count). The summed E-state index contributed by atoms with van der Waals surface area (Å²) in [5.74, 6) is 0.968. The van der Waals surface area contributed by atoms with Crippen molar-refractivity contribution >= 4 is 0 Å². The monoisotopic (exact) mass is 270 g/mol. The number of aryl methyl sites for hydroxylation is 2. The molecule has 0 amide bonds. The lowest BCUT2D eigenvalue weighted by molar-refractivity contribution is 0.251. The van der Waals surface area contributed by atoms with Gasteiger partial charge in [0, 0.05) is 19.1 Å². The average Bonchev–Trinajstić information content (AvgIpc) is 3.22. The topological polar surface area (TPSA) is 15.3 Å². The van der Waals surface area contributed by atoms with E-state index in [0.717, 1.165) is 18.5 Å². The van der Waals surface area contributed by atoms with Crippen LogP contribution in [0.2, 0.25) is 0 Å². The number of nitrogens with zero attached hydrogens (tertiary/aromatic N) is 1. The van der Waals surface area contributed by atoms with Crippen molar-refractivity contribution in [2.24, 2.45) is 5.92 Å². The number of hydrogen-bond donors (Lipinski definition) is 1. The zero-order valence-corrected chi connectivity index (χ0v) is 12.4. The van der Waals surface area contributed by atoms with Gasteiger partial charge in [-0.1, -0.05) is 18.2 Å². The van der Waals surface area contributed by atoms with Gasteiger partial charge >= 0.3 is 0 Å². The summed E-state index contributed by atoms with van der Waals surface area (Å²) in [6.45, 7) is 4.87. The molecule has 1 aromatic carbocycles. The Balaban J connectivity index is 1.44. The normalized spacial score (nSPS) is 27.3. The van der Waals surface area contributed by atoms with Gasteiger partial charge in [0.1, 0.15) is 0 Å². The SMILES string of the molecule is c1cc2c(cc1CN1CCCNC(C3CC3)C1)CCC2. The van der Waals surface area contributed by atoms with Crippen molar-refractivity contribution in [3.63, 3.8) is 0 Å². The standard InChI is InChI=1S/C18H26N2/c1-3-15-6-5-14(11-17(15)4-1)12-20-10-2-9-19-18(13-20)16-7-8-16/h5-6,11,16,18-19H,1-4,7-10,12-13H2. The second kappa shape index (κ2) is 5.50. The first-order valence-corrected chi connectivity index (χ1v) is 8.45. The quantitative estimate of drug-likeness (QED) is 0.908. The van der Waals surface area contributed by atoms with Crippen LogP contribution in [0.25, 0.3) is 0 Å². The van der Waals surface area contributed by atoms with Crippen LogP contribution in [0.4, 0.5) is 0 Å². The molecule has 0 radical (unpaired) electrons. The van der Waals surface area contributed by atoms with Crippen LogP contribution in [0, 0.1) is 5.92 Å². The molecule has 1 saturated heterocycles. The Hall–Kier alpha value is -0.860. The molecule has 0 spiro atoms. The van der Waals surface area contributed by atoms with Gasteiger partial charge in [-0.05, 0) is 74.2 Å². The highest BCUT2D eigenvalue weighted by Gasteiger charge is 2.33. The number of benzene rings is 1. The molecule has 1 aromatic rings. The number of hydrogen-bond acceptors (Lipinski definition) is 2. The Morgan fingerprint density at radius 1 is 1.10 bits per heavy atom. The molecule has 1 unspecified atom stereocenters. The van der Waals surface area contributed by atoms with Crippen LogP contribution in [0.15, 0.2) is 18.2 Å². The molecule has 1 heterocycles. The van der Waals surface area contributed by atoms with Crippen molar-refractivity contribution in [2.75, 3.05) is 19.6 Å². The minimum absolute atomic E-state index is 0.756. The van der Waals surface area contributed by atoms with E-state index in [1.54, 1.807) is 11.1 Å². The minimum Gasteiger partial charge on any atom is -0.312 e. The molecule has 2 aliphatic carbocycles. The smallest absolute Gasteiger partial charge is 0.0234 e. The van der Waals surface area contributed by atoms with Crippen molar-refractivity contribution in [1.29, 1.82) is 0 Å². The largest absolute Gasteiger partial charge is 0.312 e. The third-order valence-electron chi connectivity index (χ3n) is 5.27. The Kier molecular flexibility index (Phi) is 3.53. The molecule has 1 aliphatic heterocycles. The van der Waals surface area contributed by atoms with Crippen molar-refractivity contribution in [3.05, 3.63) is 34.9 Å². The van der Waals surface area contributed by atoms with E-state index in [2.05, 4.69) is 28.4 Å². The van der Waals surface area contributed by atoms with E-state index in [1.807, 2.05) is 0 Å². The van der Waals surface area contributed by atoms with Gasteiger partial charge in [0.2, 0.25) is 0 Å². The maximum atomic E-state index is 3.76. The molecule has 20 heavy (non-hydrogen) atoms. The lowest BCUT2D eigenvalue weighted by Gasteiger charge is -2.24. The van der Waals surface area contributed by atoms with Crippen LogP contribution >= 0.6 is 0 Å². The van der Waals surface area contributed by atoms with Gasteiger partial charge in [-0.25, -0.2) is 0 Å². The zero-order valence-electron chi connectivity index (χ0n) is 12.4. The first-order valence-electron chi connectivity index (χ1n) is 8.45. The van der Waals surface area contributed by atoms with E-state index in [4.69, 9.17) is 0 Å². The molecule has 1 N–H and O–H groups in total. The molecule has 1 atom stereocenters. The molecule has 2 fully saturated rings. The zero-order chi connectivity index (χ0) is 13.4. The highest BCUT2D eigenvalue weighted by molar-refractivity contribution is 5.35. The Morgan fingerprint density at radius 3 is 2.90 bits per heavy atom. The number of nitrogens with one attached hydrogen (secondary N) is 1. The Bertz CT molecular complexity index is 478. The lowest BCUT2D eigenvalue weighted by atomic mass is 10.1. The second-order valence-electron chi connectivity index (χ2n) is 6.94. The molecule has 0 aromatic heterocycles. The van der Waals surface area contributed by atoms with Crippen LogP contribution in [0.5, 0.6) is 0 Å². The minimum atomic E-state index is 0.756. The van der Waals surface area contributed by atoms with Gasteiger partial charge in [0.25, 0.3) is 0 Å². The van der Waals surface area contributed by atoms with Crippen LogP contribution in [0.3, 0.4) is 0 Å². The maximum Gasteiger partial charge on any atom is 0.0234 e. The molecule has 3 aliphatic rings. The predicted molar refractivity (Wildman–Crippen MR) is 82.9 cm³/mol. The third kappa shape index (κ3) is 2.77. The van der Waals surface area contributed by atoms with Crippen LogP contribution in [-0.4, -0.2) is 30.6 Å². The first kappa shape index (κ1) is 12.8. The predicted octanol–water partition coefficient (Wildman–Crippen LogP) is 2.75. The summed E-state index contributed by atoms with van der Waals surface area (Å²) in [7, 11) is 0. The van der Waals surface area contributed by atoms with Gasteiger partial charge in [-0.15, -0.1) is 0 Å². The van der Waals surface area contributed by atoms with Crippen LogP contribution in [0.1, 0.15) is 42.4 Å². The third-order valence-corrected chi connectivity index (χ3v) is 5.27. The van der Waals surface area contributed by atoms with E-state index in [1.165, 1.54) is 63.7 Å². The highest BCUT2D eigenvalue weighted by Crippen LogP contribution is 2.33. The van der Waals surface area contributed by atoms with E-state index >= 15 is 0 Å². The summed E-state index contributed by atoms with van der Waals surface area (Å²) in [6, 6.07) is 7.99. The van der Waals surface area contributed by atoms with Gasteiger partial charge < -0.3 is 5.32 Å². The molecule has 108 valence electrons. The van der Waals surface area contributed by atoms with Crippen LogP contribution < -0.4 is 5.32 Å². The molecule has 1 saturated carbocycles. The Labute approximate surface area is 122 Å². The van der Waals surface area contributed by atoms with Crippen molar-refractivity contribution in [1.82, 2.24) is 10.2 Å². The molecule has 2 heteroatoms. The van der Waals surface area contributed by atoms with Crippen molar-refractivity contribution in [3.8, 4) is 0 Å². The van der Waals surface area contributed by atoms with Gasteiger partial charge in [0.15, 0.2) is 0 Å². The van der Waals surface area contributed by atoms with Crippen LogP contribution in [-0.2, 0) is 19.4 Å². The summed E-state index contributed by atoms with van der Waals surface area (Å²) in [5.41, 5.74) is 4.75. The fraction of sp³-hybridized carbons (Fsp3) is 0.667. The van der Waals surface area contributed by atoms with Gasteiger partial charge in [0.05, 0.1) is 0 Å². The average molecular weight is 270 g/mol. The van der Waals surface area contributed by atoms with E-state index in [0.29, 0.717) is 0 Å². The maximum absolute atomic E-state index is 3.76. The highest BCUT2D eigenvalue weighted by atomic mass is 15.2. The summed E-state index contributed by atoms with van der Waals surface area (Å²) in [4.78, 5) is 2.68. The summed E-state index contributed by atoms with van der Waals surface area (Å²) in [6.07, 6.45) is 8.15. The van der Waals surface area contributed by atoms with Gasteiger partial charge in [-0.3, -0.25) is 4.90 Å². The fourth-order valence-electron chi connectivity index (χ4n) is 3.96. The lowest BCUT2D eigenvalue weighted by Crippen LogP contribution is -2.38. The van der Waals surface area contributed by atoms with E-state index in [9.17, 15) is 0 Å². The molecular weight excluding hydrogens is 244 g/mol. The summed E-state index contributed by atoms with van der Waals surface area (Å²) in [5, 5.41) is 3.76. The number of rotatable bonds is 3. The molecular formula is C18H26N2. The molecule has 2 nitrogen and oxygen atoms in total. The van der Waals surface area contributed by atoms with E-state index < -0.39 is 0 Å². The van der Waals surface area contributed by atoms with Crippen molar-refractivity contribution < 1.29 is 0 Å². The van der Waals surface area contributed by atoms with Gasteiger partial charge in [-0.2, -0.15) is 0 Å². The second-order valence-corrected chi connectivity index (χ2v) is 6.94. The van der Waals surface area contributed by atoms with E-state index in [-0.39, 0.29) is 0 Å². The molecule has 0 bridgehead atoms. The Morgan fingerprint density at radius 2 is 2.00 bits per heavy atom. The fourth-order valence-corrected chi connectivity index (χ4v) is 3.96. The first-order chi connectivity index (χ1) is 9.88. The summed E-state index contributed by atoms with van der Waals surface area (Å²) >= 11 is 0. The van der Waals surface area contributed by atoms with Crippen molar-refractivity contribution in [2.45, 2.75) is 51.1 Å². The summed E-state index contributed by atoms with van der Waals surface area (Å²) < 4.78 is 0.